The van der Waals surface area contributed by atoms with Gasteiger partial charge in [-0.05, 0) is 31.9 Å². The molecule has 1 aromatic rings. The van der Waals surface area contributed by atoms with Gasteiger partial charge in [0.15, 0.2) is 5.96 Å². The van der Waals surface area contributed by atoms with Crippen molar-refractivity contribution in [3.8, 4) is 0 Å². The summed E-state index contributed by atoms with van der Waals surface area (Å²) in [5.74, 6) is 2.06. The van der Waals surface area contributed by atoms with Gasteiger partial charge in [-0.1, -0.05) is 17.7 Å². The lowest BCUT2D eigenvalue weighted by Gasteiger charge is -2.37. The highest BCUT2D eigenvalue weighted by Crippen LogP contribution is 2.18. The summed E-state index contributed by atoms with van der Waals surface area (Å²) in [4.78, 5) is 22.3. The molecule has 148 valence electrons. The highest BCUT2D eigenvalue weighted by atomic mass is 32.2. The summed E-state index contributed by atoms with van der Waals surface area (Å²) in [6.07, 6.45) is 1.64. The molecular weight excluding hydrogens is 360 g/mol. The van der Waals surface area contributed by atoms with Crippen LogP contribution in [0, 0.1) is 6.92 Å². The van der Waals surface area contributed by atoms with Crippen LogP contribution in [0.15, 0.2) is 34.2 Å². The van der Waals surface area contributed by atoms with Crippen LogP contribution >= 0.6 is 11.8 Å². The smallest absolute Gasteiger partial charge is 0.251 e. The molecule has 2 fully saturated rings. The summed E-state index contributed by atoms with van der Waals surface area (Å²) < 4.78 is 5.53. The molecule has 0 bridgehead atoms. The zero-order valence-electron chi connectivity index (χ0n) is 16.3. The van der Waals surface area contributed by atoms with Crippen molar-refractivity contribution in [3.05, 3.63) is 29.8 Å². The van der Waals surface area contributed by atoms with Gasteiger partial charge in [-0.15, -0.1) is 11.8 Å². The minimum atomic E-state index is -0.215. The third kappa shape index (κ3) is 5.62. The maximum atomic E-state index is 12.4. The van der Waals surface area contributed by atoms with Gasteiger partial charge in [0.1, 0.15) is 6.10 Å². The fourth-order valence-electron chi connectivity index (χ4n) is 3.41. The molecule has 0 radical (unpaired) electrons. The van der Waals surface area contributed by atoms with Gasteiger partial charge in [0.05, 0.1) is 0 Å². The Morgan fingerprint density at radius 2 is 1.93 bits per heavy atom. The predicted molar refractivity (Wildman–Crippen MR) is 110 cm³/mol. The minimum absolute atomic E-state index is 0.157. The van der Waals surface area contributed by atoms with Crippen LogP contribution in [0.4, 0.5) is 0 Å². The zero-order chi connectivity index (χ0) is 19.1. The topological polar surface area (TPSA) is 57.2 Å². The summed E-state index contributed by atoms with van der Waals surface area (Å²) in [5.41, 5.74) is 1.29. The van der Waals surface area contributed by atoms with E-state index in [9.17, 15) is 4.79 Å². The fourth-order valence-corrected chi connectivity index (χ4v) is 4.18. The Kier molecular flexibility index (Phi) is 7.41. The first-order valence-corrected chi connectivity index (χ1v) is 10.7. The van der Waals surface area contributed by atoms with E-state index < -0.39 is 0 Å². The quantitative estimate of drug-likeness (QED) is 0.361. The van der Waals surface area contributed by atoms with Crippen LogP contribution in [-0.4, -0.2) is 79.9 Å². The fraction of sp³-hybridized carbons (Fsp3) is 0.600. The SMILES string of the molecule is CN=C(NCCSc1ccc(C)cc1)N1CCN(C(=O)C2CCCO2)CC1. The number of carbonyl (C=O) groups is 1. The van der Waals surface area contributed by atoms with Crippen LogP contribution in [0.2, 0.25) is 0 Å². The number of benzene rings is 1. The van der Waals surface area contributed by atoms with Gasteiger partial charge >= 0.3 is 0 Å². The number of amides is 1. The number of aryl methyl sites for hydroxylation is 1. The number of thioether (sulfide) groups is 1. The molecule has 1 amide bonds. The van der Waals surface area contributed by atoms with Crippen molar-refractivity contribution in [1.29, 1.82) is 0 Å². The summed E-state index contributed by atoms with van der Waals surface area (Å²) >= 11 is 1.84. The lowest BCUT2D eigenvalue weighted by Crippen LogP contribution is -2.55. The molecule has 2 aliphatic heterocycles. The lowest BCUT2D eigenvalue weighted by molar-refractivity contribution is -0.142. The molecule has 2 heterocycles. The number of aliphatic imine (C=N–C) groups is 1. The highest BCUT2D eigenvalue weighted by Gasteiger charge is 2.30. The normalized spacial score (nSPS) is 20.8. The zero-order valence-corrected chi connectivity index (χ0v) is 17.1. The second-order valence-corrected chi connectivity index (χ2v) is 8.12. The molecule has 0 aromatic heterocycles. The number of hydrogen-bond donors (Lipinski definition) is 1. The number of rotatable bonds is 5. The van der Waals surface area contributed by atoms with E-state index in [0.717, 1.165) is 57.3 Å². The number of nitrogens with one attached hydrogen (secondary N) is 1. The third-order valence-corrected chi connectivity index (χ3v) is 6.00. The van der Waals surface area contributed by atoms with Gasteiger partial charge in [0, 0.05) is 57.0 Å². The van der Waals surface area contributed by atoms with Crippen molar-refractivity contribution in [2.45, 2.75) is 30.8 Å². The van der Waals surface area contributed by atoms with Crippen molar-refractivity contribution in [2.24, 2.45) is 4.99 Å². The number of guanidine groups is 1. The van der Waals surface area contributed by atoms with Gasteiger partial charge in [0.2, 0.25) is 0 Å². The van der Waals surface area contributed by atoms with Gasteiger partial charge < -0.3 is 19.9 Å². The number of piperazine rings is 1. The lowest BCUT2D eigenvalue weighted by atomic mass is 10.2. The van der Waals surface area contributed by atoms with Gasteiger partial charge in [-0.2, -0.15) is 0 Å². The maximum Gasteiger partial charge on any atom is 0.251 e. The summed E-state index contributed by atoms with van der Waals surface area (Å²) in [6.45, 7) is 6.77. The van der Waals surface area contributed by atoms with E-state index in [1.807, 2.05) is 23.7 Å². The van der Waals surface area contributed by atoms with E-state index in [-0.39, 0.29) is 12.0 Å². The molecule has 27 heavy (non-hydrogen) atoms. The number of ether oxygens (including phenoxy) is 1. The van der Waals surface area contributed by atoms with E-state index in [2.05, 4.69) is 46.4 Å². The van der Waals surface area contributed by atoms with Gasteiger partial charge in [-0.25, -0.2) is 0 Å². The number of hydrogen-bond acceptors (Lipinski definition) is 4. The molecule has 1 N–H and O–H groups in total. The monoisotopic (exact) mass is 390 g/mol. The first-order valence-electron chi connectivity index (χ1n) is 9.73. The van der Waals surface area contributed by atoms with Crippen LogP contribution in [0.3, 0.4) is 0 Å². The van der Waals surface area contributed by atoms with E-state index in [0.29, 0.717) is 6.61 Å². The molecular formula is C20H30N4O2S. The van der Waals surface area contributed by atoms with E-state index in [4.69, 9.17) is 4.74 Å². The second kappa shape index (κ2) is 9.99. The average molecular weight is 391 g/mol. The molecule has 1 aromatic carbocycles. The Balaban J connectivity index is 1.38. The Hall–Kier alpha value is -1.73. The minimum Gasteiger partial charge on any atom is -0.368 e. The van der Waals surface area contributed by atoms with E-state index in [1.54, 1.807) is 0 Å². The van der Waals surface area contributed by atoms with Crippen LogP contribution < -0.4 is 5.32 Å². The third-order valence-electron chi connectivity index (χ3n) is 4.98. The maximum absolute atomic E-state index is 12.4. The van der Waals surface area contributed by atoms with Crippen molar-refractivity contribution in [3.63, 3.8) is 0 Å². The van der Waals surface area contributed by atoms with Crippen molar-refractivity contribution < 1.29 is 9.53 Å². The van der Waals surface area contributed by atoms with Crippen LogP contribution in [0.5, 0.6) is 0 Å². The molecule has 2 saturated heterocycles. The Morgan fingerprint density at radius 1 is 1.22 bits per heavy atom. The Labute approximate surface area is 166 Å². The largest absolute Gasteiger partial charge is 0.368 e. The van der Waals surface area contributed by atoms with Crippen molar-refractivity contribution >= 4 is 23.6 Å². The second-order valence-electron chi connectivity index (χ2n) is 6.95. The molecule has 1 atom stereocenters. The molecule has 0 saturated carbocycles. The highest BCUT2D eigenvalue weighted by molar-refractivity contribution is 7.99. The number of carbonyl (C=O) groups excluding carboxylic acids is 1. The van der Waals surface area contributed by atoms with Crippen LogP contribution in [0.25, 0.3) is 0 Å². The van der Waals surface area contributed by atoms with Crippen LogP contribution in [0.1, 0.15) is 18.4 Å². The average Bonchev–Trinajstić information content (AvgIpc) is 3.24. The molecule has 0 spiro atoms. The first-order chi connectivity index (χ1) is 13.2. The number of nitrogens with zero attached hydrogens (tertiary/aromatic N) is 3. The van der Waals surface area contributed by atoms with Crippen molar-refractivity contribution in [1.82, 2.24) is 15.1 Å². The van der Waals surface area contributed by atoms with Crippen LogP contribution in [-0.2, 0) is 9.53 Å². The summed E-state index contributed by atoms with van der Waals surface area (Å²) in [5, 5.41) is 3.45. The molecule has 6 nitrogen and oxygen atoms in total. The van der Waals surface area contributed by atoms with Gasteiger partial charge in [-0.3, -0.25) is 9.79 Å². The van der Waals surface area contributed by atoms with E-state index in [1.165, 1.54) is 10.5 Å². The standard InChI is InChI=1S/C20H30N4O2S/c1-16-5-7-17(8-6-16)27-15-9-22-20(21-2)24-12-10-23(11-13-24)19(25)18-4-3-14-26-18/h5-8,18H,3-4,9-15H2,1-2H3,(H,21,22). The molecule has 7 heteroatoms. The predicted octanol–water partition coefficient (Wildman–Crippen LogP) is 1.99. The molecule has 3 rings (SSSR count). The molecule has 0 aliphatic carbocycles. The van der Waals surface area contributed by atoms with Gasteiger partial charge in [0.25, 0.3) is 5.91 Å². The summed E-state index contributed by atoms with van der Waals surface area (Å²) in [6, 6.07) is 8.62. The Bertz CT molecular complexity index is 636. The Morgan fingerprint density at radius 3 is 2.56 bits per heavy atom. The molecule has 2 aliphatic rings. The molecule has 1 unspecified atom stereocenters. The summed E-state index contributed by atoms with van der Waals surface area (Å²) in [7, 11) is 1.82. The first kappa shape index (κ1) is 20.0. The van der Waals surface area contributed by atoms with Crippen molar-refractivity contribution in [2.75, 3.05) is 52.1 Å². The van der Waals surface area contributed by atoms with E-state index >= 15 is 0 Å².